The Hall–Kier alpha value is -3.23. The van der Waals surface area contributed by atoms with Crippen molar-refractivity contribution in [3.8, 4) is 5.75 Å². The molecule has 1 aliphatic heterocycles. The number of ketones is 1. The molecule has 1 N–H and O–H groups in total. The Morgan fingerprint density at radius 1 is 0.861 bits per heavy atom. The van der Waals surface area contributed by atoms with Crippen LogP contribution in [0.2, 0.25) is 0 Å². The number of hydrogen-bond donors (Lipinski definition) is 1. The van der Waals surface area contributed by atoms with E-state index in [0.717, 1.165) is 52.0 Å². The minimum absolute atomic E-state index is 0.0428. The first-order chi connectivity index (χ1) is 17.6. The summed E-state index contributed by atoms with van der Waals surface area (Å²) >= 11 is 0. The van der Waals surface area contributed by atoms with Crippen molar-refractivity contribution in [2.24, 2.45) is 0 Å². The van der Waals surface area contributed by atoms with Crippen LogP contribution in [0.5, 0.6) is 5.75 Å². The SMILES string of the molecule is O=C(COC(=O)COc1ccc(C(=O)c2ccccc2)cc1)NCC1(N2CCOCC2)CCCCC1. The number of carbonyl (C=O) groups excluding carboxylic acids is 3. The van der Waals surface area contributed by atoms with Gasteiger partial charge in [0.2, 0.25) is 0 Å². The Morgan fingerprint density at radius 2 is 1.53 bits per heavy atom. The molecule has 0 atom stereocenters. The number of hydrogen-bond acceptors (Lipinski definition) is 7. The molecule has 0 radical (unpaired) electrons. The number of nitrogens with one attached hydrogen (secondary N) is 1. The molecule has 0 aromatic heterocycles. The Morgan fingerprint density at radius 3 is 2.22 bits per heavy atom. The van der Waals surface area contributed by atoms with E-state index < -0.39 is 5.97 Å². The van der Waals surface area contributed by atoms with Crippen LogP contribution in [0, 0.1) is 0 Å². The first-order valence-electron chi connectivity index (χ1n) is 12.6. The number of morpholine rings is 1. The lowest BCUT2D eigenvalue weighted by Gasteiger charge is -2.48. The van der Waals surface area contributed by atoms with E-state index in [4.69, 9.17) is 14.2 Å². The smallest absolute Gasteiger partial charge is 0.344 e. The molecular formula is C28H34N2O6. The molecule has 8 nitrogen and oxygen atoms in total. The molecule has 2 aromatic rings. The largest absolute Gasteiger partial charge is 0.482 e. The van der Waals surface area contributed by atoms with Gasteiger partial charge in [-0.25, -0.2) is 4.79 Å². The van der Waals surface area contributed by atoms with E-state index in [1.165, 1.54) is 6.42 Å². The third kappa shape index (κ3) is 6.92. The van der Waals surface area contributed by atoms with E-state index in [1.807, 2.05) is 18.2 Å². The van der Waals surface area contributed by atoms with Crippen molar-refractivity contribution in [1.29, 1.82) is 0 Å². The number of rotatable bonds is 10. The fraction of sp³-hybridized carbons (Fsp3) is 0.464. The minimum Gasteiger partial charge on any atom is -0.482 e. The Labute approximate surface area is 211 Å². The average Bonchev–Trinajstić information content (AvgIpc) is 2.95. The second kappa shape index (κ2) is 12.6. The Kier molecular flexibility index (Phi) is 9.08. The Bertz CT molecular complexity index is 1010. The zero-order valence-electron chi connectivity index (χ0n) is 20.6. The van der Waals surface area contributed by atoms with Gasteiger partial charge >= 0.3 is 5.97 Å². The predicted octanol–water partition coefficient (Wildman–Crippen LogP) is 2.99. The van der Waals surface area contributed by atoms with Gasteiger partial charge in [0.25, 0.3) is 5.91 Å². The highest BCUT2D eigenvalue weighted by molar-refractivity contribution is 6.08. The van der Waals surface area contributed by atoms with E-state index in [2.05, 4.69) is 10.2 Å². The third-order valence-corrected chi connectivity index (χ3v) is 6.95. The van der Waals surface area contributed by atoms with Gasteiger partial charge in [-0.15, -0.1) is 0 Å². The summed E-state index contributed by atoms with van der Waals surface area (Å²) in [5, 5.41) is 2.98. The van der Waals surface area contributed by atoms with E-state index in [0.29, 0.717) is 23.4 Å². The van der Waals surface area contributed by atoms with E-state index >= 15 is 0 Å². The molecule has 1 heterocycles. The minimum atomic E-state index is -0.629. The monoisotopic (exact) mass is 494 g/mol. The topological polar surface area (TPSA) is 94.2 Å². The summed E-state index contributed by atoms with van der Waals surface area (Å²) in [5.41, 5.74) is 1.09. The lowest BCUT2D eigenvalue weighted by atomic mass is 9.79. The van der Waals surface area contributed by atoms with Crippen molar-refractivity contribution < 1.29 is 28.6 Å². The van der Waals surface area contributed by atoms with Crippen LogP contribution in [0.4, 0.5) is 0 Å². The maximum atomic E-state index is 12.5. The van der Waals surface area contributed by atoms with Gasteiger partial charge in [-0.2, -0.15) is 0 Å². The molecule has 1 saturated carbocycles. The number of nitrogens with zero attached hydrogens (tertiary/aromatic N) is 1. The van der Waals surface area contributed by atoms with Crippen LogP contribution in [-0.2, 0) is 19.1 Å². The summed E-state index contributed by atoms with van der Waals surface area (Å²) in [5.74, 6) is -0.595. The summed E-state index contributed by atoms with van der Waals surface area (Å²) in [7, 11) is 0. The molecule has 2 fully saturated rings. The van der Waals surface area contributed by atoms with Crippen LogP contribution in [-0.4, -0.2) is 74.2 Å². The molecule has 1 saturated heterocycles. The van der Waals surface area contributed by atoms with Crippen LogP contribution in [0.3, 0.4) is 0 Å². The first-order valence-corrected chi connectivity index (χ1v) is 12.6. The second-order valence-corrected chi connectivity index (χ2v) is 9.33. The molecule has 0 unspecified atom stereocenters. The molecule has 2 aliphatic rings. The zero-order valence-corrected chi connectivity index (χ0v) is 20.6. The van der Waals surface area contributed by atoms with Gasteiger partial charge in [0.1, 0.15) is 5.75 Å². The van der Waals surface area contributed by atoms with Gasteiger partial charge in [0, 0.05) is 36.3 Å². The van der Waals surface area contributed by atoms with Crippen molar-refractivity contribution in [1.82, 2.24) is 10.2 Å². The maximum absolute atomic E-state index is 12.5. The predicted molar refractivity (Wildman–Crippen MR) is 134 cm³/mol. The molecule has 36 heavy (non-hydrogen) atoms. The zero-order chi connectivity index (χ0) is 25.2. The van der Waals surface area contributed by atoms with E-state index in [1.54, 1.807) is 36.4 Å². The number of amides is 1. The fourth-order valence-corrected chi connectivity index (χ4v) is 4.96. The van der Waals surface area contributed by atoms with Crippen molar-refractivity contribution in [3.05, 3.63) is 65.7 Å². The number of esters is 1. The highest BCUT2D eigenvalue weighted by Gasteiger charge is 2.38. The molecule has 1 aliphatic carbocycles. The lowest BCUT2D eigenvalue weighted by molar-refractivity contribution is -0.150. The molecule has 1 amide bonds. The van der Waals surface area contributed by atoms with E-state index in [-0.39, 0.29) is 30.4 Å². The summed E-state index contributed by atoms with van der Waals surface area (Å²) in [6.45, 7) is 3.09. The molecule has 4 rings (SSSR count). The van der Waals surface area contributed by atoms with Gasteiger partial charge in [-0.1, -0.05) is 49.6 Å². The molecular weight excluding hydrogens is 460 g/mol. The van der Waals surface area contributed by atoms with E-state index in [9.17, 15) is 14.4 Å². The normalized spacial score (nSPS) is 17.7. The van der Waals surface area contributed by atoms with Crippen molar-refractivity contribution in [2.75, 3.05) is 46.1 Å². The van der Waals surface area contributed by atoms with Crippen molar-refractivity contribution in [3.63, 3.8) is 0 Å². The average molecular weight is 495 g/mol. The van der Waals surface area contributed by atoms with Crippen LogP contribution in [0.1, 0.15) is 48.0 Å². The Balaban J connectivity index is 1.19. The molecule has 192 valence electrons. The van der Waals surface area contributed by atoms with Crippen LogP contribution >= 0.6 is 0 Å². The maximum Gasteiger partial charge on any atom is 0.344 e. The molecule has 0 spiro atoms. The van der Waals surface area contributed by atoms with Crippen LogP contribution in [0.25, 0.3) is 0 Å². The van der Waals surface area contributed by atoms with Gasteiger partial charge in [-0.3, -0.25) is 14.5 Å². The fourth-order valence-electron chi connectivity index (χ4n) is 4.96. The van der Waals surface area contributed by atoms with Crippen LogP contribution in [0.15, 0.2) is 54.6 Å². The number of benzene rings is 2. The molecule has 0 bridgehead atoms. The summed E-state index contributed by atoms with van der Waals surface area (Å²) < 4.78 is 16.1. The summed E-state index contributed by atoms with van der Waals surface area (Å²) in [6.07, 6.45) is 5.64. The van der Waals surface area contributed by atoms with Gasteiger partial charge in [-0.05, 0) is 37.1 Å². The highest BCUT2D eigenvalue weighted by atomic mass is 16.6. The standard InChI is InChI=1S/C28H34N2O6/c31-25(29-21-28(13-5-2-6-14-28)30-15-17-34-18-16-30)19-36-26(32)20-35-24-11-9-23(10-12-24)27(33)22-7-3-1-4-8-22/h1,3-4,7-12H,2,5-6,13-21H2,(H,29,31). The lowest BCUT2D eigenvalue weighted by Crippen LogP contribution is -2.59. The van der Waals surface area contributed by atoms with Crippen LogP contribution < -0.4 is 10.1 Å². The van der Waals surface area contributed by atoms with Gasteiger partial charge in [0.15, 0.2) is 19.0 Å². The molecule has 8 heteroatoms. The quantitative estimate of drug-likeness (QED) is 0.401. The number of carbonyl (C=O) groups is 3. The highest BCUT2D eigenvalue weighted by Crippen LogP contribution is 2.33. The summed E-state index contributed by atoms with van der Waals surface area (Å²) in [6, 6.07) is 15.6. The third-order valence-electron chi connectivity index (χ3n) is 6.95. The van der Waals surface area contributed by atoms with Gasteiger partial charge in [0.05, 0.1) is 13.2 Å². The number of ether oxygens (including phenoxy) is 3. The molecule has 2 aromatic carbocycles. The summed E-state index contributed by atoms with van der Waals surface area (Å²) in [4.78, 5) is 39.4. The first kappa shape index (κ1) is 25.9. The van der Waals surface area contributed by atoms with Crippen molar-refractivity contribution in [2.45, 2.75) is 37.6 Å². The second-order valence-electron chi connectivity index (χ2n) is 9.33. The van der Waals surface area contributed by atoms with Gasteiger partial charge < -0.3 is 19.5 Å². The van der Waals surface area contributed by atoms with Crippen molar-refractivity contribution >= 4 is 17.7 Å².